The van der Waals surface area contributed by atoms with Crippen LogP contribution in [0.15, 0.2) is 53.5 Å². The van der Waals surface area contributed by atoms with Crippen LogP contribution in [0.1, 0.15) is 12.0 Å². The highest BCUT2D eigenvalue weighted by molar-refractivity contribution is 5.92. The SMILES string of the molecule is COc1ccc(NC(N)=NCCCOCCOCc2ccccc2)cc1OC. The third-order valence-electron chi connectivity index (χ3n) is 3.87. The van der Waals surface area contributed by atoms with E-state index < -0.39 is 0 Å². The first-order valence-corrected chi connectivity index (χ1v) is 9.21. The summed E-state index contributed by atoms with van der Waals surface area (Å²) in [5.41, 5.74) is 7.85. The van der Waals surface area contributed by atoms with Gasteiger partial charge in [-0.2, -0.15) is 0 Å². The number of aliphatic imine (C=N–C) groups is 1. The number of ether oxygens (including phenoxy) is 4. The minimum absolute atomic E-state index is 0.346. The second-order valence-electron chi connectivity index (χ2n) is 5.97. The predicted molar refractivity (Wildman–Crippen MR) is 111 cm³/mol. The van der Waals surface area contributed by atoms with Crippen molar-refractivity contribution >= 4 is 11.6 Å². The van der Waals surface area contributed by atoms with Gasteiger partial charge in [-0.1, -0.05) is 30.3 Å². The molecule has 28 heavy (non-hydrogen) atoms. The monoisotopic (exact) mass is 387 g/mol. The van der Waals surface area contributed by atoms with Crippen LogP contribution >= 0.6 is 0 Å². The summed E-state index contributed by atoms with van der Waals surface area (Å²) in [5, 5.41) is 3.03. The molecular weight excluding hydrogens is 358 g/mol. The van der Waals surface area contributed by atoms with E-state index in [9.17, 15) is 0 Å². The zero-order chi connectivity index (χ0) is 20.0. The van der Waals surface area contributed by atoms with Gasteiger partial charge >= 0.3 is 0 Å². The Morgan fingerprint density at radius 1 is 0.929 bits per heavy atom. The number of rotatable bonds is 12. The Labute approximate surface area is 166 Å². The summed E-state index contributed by atoms with van der Waals surface area (Å²) in [6.45, 7) is 2.93. The number of guanidine groups is 1. The molecular formula is C21H29N3O4. The molecule has 0 aliphatic carbocycles. The molecule has 0 aliphatic heterocycles. The molecule has 7 nitrogen and oxygen atoms in total. The smallest absolute Gasteiger partial charge is 0.193 e. The maximum Gasteiger partial charge on any atom is 0.193 e. The van der Waals surface area contributed by atoms with E-state index in [1.54, 1.807) is 20.3 Å². The summed E-state index contributed by atoms with van der Waals surface area (Å²) in [6.07, 6.45) is 0.785. The third kappa shape index (κ3) is 7.85. The molecule has 0 saturated heterocycles. The molecule has 0 amide bonds. The zero-order valence-corrected chi connectivity index (χ0v) is 16.5. The van der Waals surface area contributed by atoms with Crippen LogP contribution in [0.4, 0.5) is 5.69 Å². The predicted octanol–water partition coefficient (Wildman–Crippen LogP) is 3.05. The van der Waals surface area contributed by atoms with Gasteiger partial charge in [-0.05, 0) is 24.1 Å². The average Bonchev–Trinajstić information content (AvgIpc) is 2.73. The van der Waals surface area contributed by atoms with Crippen molar-refractivity contribution in [1.29, 1.82) is 0 Å². The number of hydrogen-bond acceptors (Lipinski definition) is 5. The molecule has 0 bridgehead atoms. The van der Waals surface area contributed by atoms with Gasteiger partial charge in [0.25, 0.3) is 0 Å². The maximum atomic E-state index is 5.91. The molecule has 2 rings (SSSR count). The summed E-state index contributed by atoms with van der Waals surface area (Å²) >= 11 is 0. The van der Waals surface area contributed by atoms with Crippen LogP contribution in [0.2, 0.25) is 0 Å². The molecule has 152 valence electrons. The van der Waals surface area contributed by atoms with Gasteiger partial charge in [0.15, 0.2) is 17.5 Å². The van der Waals surface area contributed by atoms with Crippen LogP contribution in [0.3, 0.4) is 0 Å². The Balaban J connectivity index is 1.56. The molecule has 7 heteroatoms. The summed E-state index contributed by atoms with van der Waals surface area (Å²) in [6, 6.07) is 15.5. The lowest BCUT2D eigenvalue weighted by molar-refractivity contribution is 0.0403. The lowest BCUT2D eigenvalue weighted by Crippen LogP contribution is -2.23. The van der Waals surface area contributed by atoms with Crippen molar-refractivity contribution in [3.05, 3.63) is 54.1 Å². The molecule has 0 unspecified atom stereocenters. The van der Waals surface area contributed by atoms with Crippen LogP contribution < -0.4 is 20.5 Å². The molecule has 0 spiro atoms. The first-order chi connectivity index (χ1) is 13.7. The van der Waals surface area contributed by atoms with Gasteiger partial charge in [-0.25, -0.2) is 0 Å². The molecule has 0 fully saturated rings. The average molecular weight is 387 g/mol. The normalized spacial score (nSPS) is 11.3. The Morgan fingerprint density at radius 2 is 1.68 bits per heavy atom. The van der Waals surface area contributed by atoms with Gasteiger partial charge < -0.3 is 30.0 Å². The molecule has 0 heterocycles. The van der Waals surface area contributed by atoms with Gasteiger partial charge in [0, 0.05) is 24.9 Å². The Kier molecular flexibility index (Phi) is 9.68. The number of hydrogen-bond donors (Lipinski definition) is 2. The Morgan fingerprint density at radius 3 is 2.43 bits per heavy atom. The van der Waals surface area contributed by atoms with Crippen molar-refractivity contribution < 1.29 is 18.9 Å². The van der Waals surface area contributed by atoms with Crippen molar-refractivity contribution in [1.82, 2.24) is 0 Å². The summed E-state index contributed by atoms with van der Waals surface area (Å²) < 4.78 is 21.6. The molecule has 3 N–H and O–H groups in total. The second kappa shape index (κ2) is 12.6. The standard InChI is InChI=1S/C21H29N3O4/c1-25-19-10-9-18(15-20(19)26-2)24-21(22)23-11-6-12-27-13-14-28-16-17-7-4-3-5-8-17/h3-5,7-10,15H,6,11-14,16H2,1-2H3,(H3,22,23,24). The minimum Gasteiger partial charge on any atom is -0.493 e. The second-order valence-corrected chi connectivity index (χ2v) is 5.97. The van der Waals surface area contributed by atoms with Gasteiger partial charge in [-0.3, -0.25) is 4.99 Å². The van der Waals surface area contributed by atoms with Crippen molar-refractivity contribution in [2.24, 2.45) is 10.7 Å². The van der Waals surface area contributed by atoms with Crippen LogP contribution in [0.25, 0.3) is 0 Å². The number of nitrogens with two attached hydrogens (primary N) is 1. The highest BCUT2D eigenvalue weighted by atomic mass is 16.5. The third-order valence-corrected chi connectivity index (χ3v) is 3.87. The lowest BCUT2D eigenvalue weighted by Gasteiger charge is -2.11. The van der Waals surface area contributed by atoms with Crippen LogP contribution in [-0.4, -0.2) is 46.5 Å². The molecule has 0 saturated carbocycles. The van der Waals surface area contributed by atoms with Crippen molar-refractivity contribution in [3.63, 3.8) is 0 Å². The number of methoxy groups -OCH3 is 2. The largest absolute Gasteiger partial charge is 0.493 e. The fourth-order valence-electron chi connectivity index (χ4n) is 2.45. The van der Waals surface area contributed by atoms with Gasteiger partial charge in [0.1, 0.15) is 0 Å². The Hall–Kier alpha value is -2.77. The van der Waals surface area contributed by atoms with E-state index in [4.69, 9.17) is 24.7 Å². The fraction of sp³-hybridized carbons (Fsp3) is 0.381. The van der Waals surface area contributed by atoms with E-state index in [2.05, 4.69) is 10.3 Å². The van der Waals surface area contributed by atoms with E-state index in [0.29, 0.717) is 50.4 Å². The Bertz CT molecular complexity index is 723. The van der Waals surface area contributed by atoms with Crippen molar-refractivity contribution in [3.8, 4) is 11.5 Å². The maximum absolute atomic E-state index is 5.91. The van der Waals surface area contributed by atoms with Gasteiger partial charge in [0.2, 0.25) is 0 Å². The molecule has 2 aromatic rings. The molecule has 0 aliphatic rings. The zero-order valence-electron chi connectivity index (χ0n) is 16.5. The topological polar surface area (TPSA) is 87.3 Å². The molecule has 0 radical (unpaired) electrons. The highest BCUT2D eigenvalue weighted by Gasteiger charge is 2.04. The van der Waals surface area contributed by atoms with E-state index in [0.717, 1.165) is 17.7 Å². The molecule has 0 aromatic heterocycles. The first kappa shape index (κ1) is 21.5. The van der Waals surface area contributed by atoms with Crippen molar-refractivity contribution in [2.75, 3.05) is 45.9 Å². The van der Waals surface area contributed by atoms with E-state index in [1.165, 1.54) is 0 Å². The summed E-state index contributed by atoms with van der Waals surface area (Å²) in [4.78, 5) is 4.29. The van der Waals surface area contributed by atoms with E-state index in [1.807, 2.05) is 42.5 Å². The molecule has 0 atom stereocenters. The van der Waals surface area contributed by atoms with Crippen molar-refractivity contribution in [2.45, 2.75) is 13.0 Å². The highest BCUT2D eigenvalue weighted by Crippen LogP contribution is 2.29. The van der Waals surface area contributed by atoms with Crippen LogP contribution in [0.5, 0.6) is 11.5 Å². The fourth-order valence-corrected chi connectivity index (χ4v) is 2.45. The van der Waals surface area contributed by atoms with Gasteiger partial charge in [0.05, 0.1) is 34.0 Å². The summed E-state index contributed by atoms with van der Waals surface area (Å²) in [5.74, 6) is 1.63. The van der Waals surface area contributed by atoms with Crippen LogP contribution in [0, 0.1) is 0 Å². The number of benzene rings is 2. The van der Waals surface area contributed by atoms with Gasteiger partial charge in [-0.15, -0.1) is 0 Å². The van der Waals surface area contributed by atoms with E-state index >= 15 is 0 Å². The number of nitrogens with zero attached hydrogens (tertiary/aromatic N) is 1. The number of anilines is 1. The quantitative estimate of drug-likeness (QED) is 0.331. The van der Waals surface area contributed by atoms with Crippen LogP contribution in [-0.2, 0) is 16.1 Å². The molecule has 2 aromatic carbocycles. The lowest BCUT2D eigenvalue weighted by atomic mass is 10.2. The first-order valence-electron chi connectivity index (χ1n) is 9.21. The minimum atomic E-state index is 0.346. The number of nitrogens with one attached hydrogen (secondary N) is 1. The summed E-state index contributed by atoms with van der Waals surface area (Å²) in [7, 11) is 3.18. The van der Waals surface area contributed by atoms with E-state index in [-0.39, 0.29) is 0 Å².